The molecule has 1 N–H and O–H groups in total. The zero-order chi connectivity index (χ0) is 14.4. The van der Waals surface area contributed by atoms with Gasteiger partial charge in [-0.3, -0.25) is 4.79 Å². The normalized spacial score (nSPS) is 10.3. The van der Waals surface area contributed by atoms with Crippen molar-refractivity contribution in [3.63, 3.8) is 0 Å². The minimum absolute atomic E-state index is 0.113. The first-order valence-corrected chi connectivity index (χ1v) is 7.49. The minimum atomic E-state index is -0.113. The fraction of sp³-hybridized carbons (Fsp3) is 0.333. The Balaban J connectivity index is 1.94. The molecular formula is C15H18N2O2S. The highest BCUT2D eigenvalue weighted by molar-refractivity contribution is 7.09. The molecule has 4 nitrogen and oxygen atoms in total. The Bertz CT molecular complexity index is 581. The Hall–Kier alpha value is -1.88. The maximum absolute atomic E-state index is 12.1. The zero-order valence-corrected chi connectivity index (χ0v) is 12.5. The molecule has 1 aromatic carbocycles. The summed E-state index contributed by atoms with van der Waals surface area (Å²) in [6, 6.07) is 7.22. The molecule has 0 atom stereocenters. The van der Waals surface area contributed by atoms with Gasteiger partial charge in [0.1, 0.15) is 5.75 Å². The van der Waals surface area contributed by atoms with Crippen molar-refractivity contribution in [3.05, 3.63) is 45.9 Å². The molecule has 0 saturated heterocycles. The third-order valence-corrected chi connectivity index (χ3v) is 3.49. The second-order valence-electron chi connectivity index (χ2n) is 4.42. The summed E-state index contributed by atoms with van der Waals surface area (Å²) < 4.78 is 5.52. The van der Waals surface area contributed by atoms with Crippen LogP contribution in [0.4, 0.5) is 0 Å². The van der Waals surface area contributed by atoms with E-state index in [1.165, 1.54) is 0 Å². The van der Waals surface area contributed by atoms with Crippen molar-refractivity contribution in [1.29, 1.82) is 0 Å². The predicted octanol–water partition coefficient (Wildman–Crippen LogP) is 3.17. The lowest BCUT2D eigenvalue weighted by molar-refractivity contribution is 0.0950. The maximum atomic E-state index is 12.1. The molecule has 0 bridgehead atoms. The van der Waals surface area contributed by atoms with Gasteiger partial charge in [-0.15, -0.1) is 11.3 Å². The van der Waals surface area contributed by atoms with Crippen LogP contribution in [0.3, 0.4) is 0 Å². The van der Waals surface area contributed by atoms with E-state index in [-0.39, 0.29) is 5.91 Å². The van der Waals surface area contributed by atoms with Gasteiger partial charge in [-0.2, -0.15) is 0 Å². The average Bonchev–Trinajstić information content (AvgIpc) is 2.88. The lowest BCUT2D eigenvalue weighted by atomic mass is 10.2. The molecule has 2 aromatic rings. The van der Waals surface area contributed by atoms with Crippen LogP contribution in [-0.4, -0.2) is 17.5 Å². The number of nitrogens with zero attached hydrogens (tertiary/aromatic N) is 1. The topological polar surface area (TPSA) is 51.2 Å². The molecule has 0 saturated carbocycles. The lowest BCUT2D eigenvalue weighted by Crippen LogP contribution is -2.22. The van der Waals surface area contributed by atoms with E-state index in [0.29, 0.717) is 18.7 Å². The average molecular weight is 290 g/mol. The van der Waals surface area contributed by atoms with Crippen LogP contribution in [-0.2, 0) is 6.54 Å². The van der Waals surface area contributed by atoms with Gasteiger partial charge in [-0.05, 0) is 31.5 Å². The molecule has 0 aliphatic rings. The summed E-state index contributed by atoms with van der Waals surface area (Å²) in [6.45, 7) is 5.10. The number of hydrogen-bond donors (Lipinski definition) is 1. The second kappa shape index (κ2) is 7.05. The van der Waals surface area contributed by atoms with Gasteiger partial charge in [-0.25, -0.2) is 4.98 Å². The lowest BCUT2D eigenvalue weighted by Gasteiger charge is -2.07. The van der Waals surface area contributed by atoms with E-state index in [0.717, 1.165) is 22.9 Å². The Kier molecular flexibility index (Phi) is 5.12. The number of hydrogen-bond acceptors (Lipinski definition) is 4. The van der Waals surface area contributed by atoms with E-state index < -0.39 is 0 Å². The minimum Gasteiger partial charge on any atom is -0.494 e. The summed E-state index contributed by atoms with van der Waals surface area (Å²) in [7, 11) is 0. The molecule has 0 aliphatic heterocycles. The molecule has 2 rings (SSSR count). The Morgan fingerprint density at radius 1 is 1.45 bits per heavy atom. The Labute approximate surface area is 122 Å². The van der Waals surface area contributed by atoms with Gasteiger partial charge in [0.25, 0.3) is 5.91 Å². The number of rotatable bonds is 6. The van der Waals surface area contributed by atoms with Crippen LogP contribution >= 0.6 is 11.3 Å². The molecule has 0 fully saturated rings. The monoisotopic (exact) mass is 290 g/mol. The van der Waals surface area contributed by atoms with E-state index >= 15 is 0 Å². The number of aromatic nitrogens is 1. The number of benzene rings is 1. The SMILES string of the molecule is CCCOc1cccc(C(=O)NCc2csc(C)n2)c1. The molecule has 0 aliphatic carbocycles. The second-order valence-corrected chi connectivity index (χ2v) is 5.48. The fourth-order valence-electron chi connectivity index (χ4n) is 1.71. The molecule has 1 aromatic heterocycles. The third-order valence-electron chi connectivity index (χ3n) is 2.67. The van der Waals surface area contributed by atoms with Gasteiger partial charge >= 0.3 is 0 Å². The van der Waals surface area contributed by atoms with Crippen LogP contribution in [0.5, 0.6) is 5.75 Å². The smallest absolute Gasteiger partial charge is 0.251 e. The number of carbonyl (C=O) groups excluding carboxylic acids is 1. The van der Waals surface area contributed by atoms with Crippen LogP contribution in [0.1, 0.15) is 34.4 Å². The van der Waals surface area contributed by atoms with E-state index in [1.807, 2.05) is 31.4 Å². The Morgan fingerprint density at radius 3 is 3.00 bits per heavy atom. The van der Waals surface area contributed by atoms with Gasteiger partial charge in [-0.1, -0.05) is 13.0 Å². The first-order valence-electron chi connectivity index (χ1n) is 6.61. The summed E-state index contributed by atoms with van der Waals surface area (Å²) in [5.41, 5.74) is 1.49. The predicted molar refractivity (Wildman–Crippen MR) is 80.2 cm³/mol. The molecule has 20 heavy (non-hydrogen) atoms. The molecule has 1 heterocycles. The fourth-order valence-corrected chi connectivity index (χ4v) is 2.32. The van der Waals surface area contributed by atoms with Crippen molar-refractivity contribution in [1.82, 2.24) is 10.3 Å². The van der Waals surface area contributed by atoms with Crippen LogP contribution in [0, 0.1) is 6.92 Å². The summed E-state index contributed by atoms with van der Waals surface area (Å²) in [5.74, 6) is 0.613. The van der Waals surface area contributed by atoms with Gasteiger partial charge < -0.3 is 10.1 Å². The third kappa shape index (κ3) is 4.06. The van der Waals surface area contributed by atoms with Gasteiger partial charge in [0, 0.05) is 10.9 Å². The number of thiazole rings is 1. The van der Waals surface area contributed by atoms with Crippen molar-refractivity contribution in [2.75, 3.05) is 6.61 Å². The molecule has 0 spiro atoms. The highest BCUT2D eigenvalue weighted by Crippen LogP contribution is 2.14. The van der Waals surface area contributed by atoms with Crippen molar-refractivity contribution in [2.24, 2.45) is 0 Å². The standard InChI is InChI=1S/C15H18N2O2S/c1-3-7-19-14-6-4-5-12(8-14)15(18)16-9-13-10-20-11(2)17-13/h4-6,8,10H,3,7,9H2,1-2H3,(H,16,18). The molecule has 106 valence electrons. The van der Waals surface area contributed by atoms with Gasteiger partial charge in [0.2, 0.25) is 0 Å². The number of aryl methyl sites for hydroxylation is 1. The highest BCUT2D eigenvalue weighted by atomic mass is 32.1. The van der Waals surface area contributed by atoms with E-state index in [9.17, 15) is 4.79 Å². The zero-order valence-electron chi connectivity index (χ0n) is 11.7. The first-order chi connectivity index (χ1) is 9.69. The van der Waals surface area contributed by atoms with Crippen molar-refractivity contribution < 1.29 is 9.53 Å². The molecule has 1 amide bonds. The van der Waals surface area contributed by atoms with E-state index in [1.54, 1.807) is 23.5 Å². The maximum Gasteiger partial charge on any atom is 0.251 e. The van der Waals surface area contributed by atoms with Crippen LogP contribution in [0.25, 0.3) is 0 Å². The van der Waals surface area contributed by atoms with Gasteiger partial charge in [0.15, 0.2) is 0 Å². The summed E-state index contributed by atoms with van der Waals surface area (Å²) in [4.78, 5) is 16.4. The summed E-state index contributed by atoms with van der Waals surface area (Å²) in [6.07, 6.45) is 0.944. The van der Waals surface area contributed by atoms with Gasteiger partial charge in [0.05, 0.1) is 23.9 Å². The molecule has 5 heteroatoms. The molecule has 0 radical (unpaired) electrons. The summed E-state index contributed by atoms with van der Waals surface area (Å²) in [5, 5.41) is 5.82. The molecular weight excluding hydrogens is 272 g/mol. The van der Waals surface area contributed by atoms with Crippen molar-refractivity contribution in [2.45, 2.75) is 26.8 Å². The van der Waals surface area contributed by atoms with Crippen LogP contribution in [0.15, 0.2) is 29.6 Å². The summed E-state index contributed by atoms with van der Waals surface area (Å²) >= 11 is 1.58. The first kappa shape index (κ1) is 14.5. The molecule has 0 unspecified atom stereocenters. The number of amides is 1. The largest absolute Gasteiger partial charge is 0.494 e. The highest BCUT2D eigenvalue weighted by Gasteiger charge is 2.07. The van der Waals surface area contributed by atoms with Crippen LogP contribution in [0.2, 0.25) is 0 Å². The van der Waals surface area contributed by atoms with E-state index in [4.69, 9.17) is 4.74 Å². The van der Waals surface area contributed by atoms with Crippen molar-refractivity contribution >= 4 is 17.2 Å². The number of ether oxygens (including phenoxy) is 1. The number of carbonyl (C=O) groups is 1. The quantitative estimate of drug-likeness (QED) is 0.889. The van der Waals surface area contributed by atoms with E-state index in [2.05, 4.69) is 10.3 Å². The van der Waals surface area contributed by atoms with Crippen LogP contribution < -0.4 is 10.1 Å². The van der Waals surface area contributed by atoms with Crippen molar-refractivity contribution in [3.8, 4) is 5.75 Å². The number of nitrogens with one attached hydrogen (secondary N) is 1. The Morgan fingerprint density at radius 2 is 2.30 bits per heavy atom.